The fourth-order valence-corrected chi connectivity index (χ4v) is 2.05. The average molecular weight is 215 g/mol. The van der Waals surface area contributed by atoms with Gasteiger partial charge in [0.1, 0.15) is 0 Å². The molecule has 0 unspecified atom stereocenters. The Morgan fingerprint density at radius 3 is 3.27 bits per heavy atom. The maximum absolute atomic E-state index is 11.6. The summed E-state index contributed by atoms with van der Waals surface area (Å²) in [5.74, 6) is 5.51. The maximum Gasteiger partial charge on any atom is 0.176 e. The van der Waals surface area contributed by atoms with E-state index in [0.717, 1.165) is 10.2 Å². The van der Waals surface area contributed by atoms with E-state index < -0.39 is 0 Å². The van der Waals surface area contributed by atoms with E-state index in [4.69, 9.17) is 0 Å². The highest BCUT2D eigenvalue weighted by Gasteiger charge is 2.06. The molecule has 3 heteroatoms. The van der Waals surface area contributed by atoms with Crippen molar-refractivity contribution in [2.24, 2.45) is 0 Å². The summed E-state index contributed by atoms with van der Waals surface area (Å²) in [5.41, 5.74) is 1.59. The number of Topliss-reactive ketones (excluding diaryl/α,β-unsaturated/α-hetero) is 1. The lowest BCUT2D eigenvalue weighted by Gasteiger charge is -1.96. The molecule has 0 radical (unpaired) electrons. The summed E-state index contributed by atoms with van der Waals surface area (Å²) < 4.78 is 1.05. The van der Waals surface area contributed by atoms with Crippen LogP contribution in [-0.4, -0.2) is 10.8 Å². The molecule has 0 fully saturated rings. The minimum Gasteiger partial charge on any atom is -0.293 e. The number of fused-ring (bicyclic) bond motifs is 1. The molecule has 15 heavy (non-hydrogen) atoms. The van der Waals surface area contributed by atoms with E-state index in [0.29, 0.717) is 5.56 Å². The number of carbonyl (C=O) groups is 1. The largest absolute Gasteiger partial charge is 0.293 e. The molecule has 0 saturated carbocycles. The fourth-order valence-electron chi connectivity index (χ4n) is 1.27. The van der Waals surface area contributed by atoms with Crippen LogP contribution >= 0.6 is 11.3 Å². The summed E-state index contributed by atoms with van der Waals surface area (Å²) in [6.45, 7) is 1.73. The van der Waals surface area contributed by atoms with Gasteiger partial charge in [0.2, 0.25) is 0 Å². The van der Waals surface area contributed by atoms with E-state index in [1.54, 1.807) is 24.5 Å². The predicted octanol–water partition coefficient (Wildman–Crippen LogP) is 2.89. The zero-order chi connectivity index (χ0) is 10.7. The van der Waals surface area contributed by atoms with Crippen LogP contribution in [0.4, 0.5) is 0 Å². The van der Waals surface area contributed by atoms with E-state index in [9.17, 15) is 4.79 Å². The number of hydrogen-bond donors (Lipinski definition) is 0. The monoisotopic (exact) mass is 215 g/mol. The molecule has 0 aliphatic carbocycles. The Kier molecular flexibility index (Phi) is 2.79. The van der Waals surface area contributed by atoms with Gasteiger partial charge in [-0.15, -0.1) is 17.3 Å². The number of aromatic nitrogens is 1. The Bertz CT molecular complexity index is 559. The molecule has 2 nitrogen and oxygen atoms in total. The Hall–Kier alpha value is -1.66. The summed E-state index contributed by atoms with van der Waals surface area (Å²) in [5, 5.41) is 1.97. The van der Waals surface area contributed by atoms with Gasteiger partial charge in [-0.3, -0.25) is 9.78 Å². The smallest absolute Gasteiger partial charge is 0.176 e. The molecule has 2 heterocycles. The second kappa shape index (κ2) is 4.24. The van der Waals surface area contributed by atoms with Gasteiger partial charge in [-0.25, -0.2) is 0 Å². The van der Waals surface area contributed by atoms with Crippen LogP contribution in [0.25, 0.3) is 10.2 Å². The van der Waals surface area contributed by atoms with Crippen molar-refractivity contribution in [1.82, 2.24) is 4.98 Å². The van der Waals surface area contributed by atoms with Crippen LogP contribution in [0.5, 0.6) is 0 Å². The van der Waals surface area contributed by atoms with E-state index in [1.807, 2.05) is 17.5 Å². The summed E-state index contributed by atoms with van der Waals surface area (Å²) in [7, 11) is 0. The molecule has 0 N–H and O–H groups in total. The standard InChI is InChI=1S/C12H9NOS/c1-2-3-4-11(14)9-7-12-10(13-8-9)5-6-15-12/h5-8H,4H2,1H3. The van der Waals surface area contributed by atoms with Gasteiger partial charge in [0.15, 0.2) is 5.78 Å². The van der Waals surface area contributed by atoms with Gasteiger partial charge >= 0.3 is 0 Å². The van der Waals surface area contributed by atoms with Crippen LogP contribution < -0.4 is 0 Å². The van der Waals surface area contributed by atoms with Crippen LogP contribution in [0.3, 0.4) is 0 Å². The molecule has 0 spiro atoms. The molecule has 0 bridgehead atoms. The number of nitrogens with zero attached hydrogens (tertiary/aromatic N) is 1. The zero-order valence-electron chi connectivity index (χ0n) is 8.28. The number of pyridine rings is 1. The van der Waals surface area contributed by atoms with E-state index in [-0.39, 0.29) is 12.2 Å². The topological polar surface area (TPSA) is 30.0 Å². The van der Waals surface area contributed by atoms with Crippen LogP contribution in [0.2, 0.25) is 0 Å². The Morgan fingerprint density at radius 1 is 1.60 bits per heavy atom. The highest BCUT2D eigenvalue weighted by atomic mass is 32.1. The number of carbonyl (C=O) groups excluding carboxylic acids is 1. The molecule has 74 valence electrons. The van der Waals surface area contributed by atoms with Gasteiger partial charge < -0.3 is 0 Å². The lowest BCUT2D eigenvalue weighted by atomic mass is 10.1. The van der Waals surface area contributed by atoms with Gasteiger partial charge in [0.25, 0.3) is 0 Å². The van der Waals surface area contributed by atoms with Gasteiger partial charge in [0, 0.05) is 11.8 Å². The lowest BCUT2D eigenvalue weighted by molar-refractivity contribution is 0.0998. The molecule has 2 aromatic rings. The van der Waals surface area contributed by atoms with Crippen molar-refractivity contribution in [3.8, 4) is 11.8 Å². The van der Waals surface area contributed by atoms with Crippen molar-refractivity contribution in [3.05, 3.63) is 29.3 Å². The first-order valence-corrected chi connectivity index (χ1v) is 5.45. The highest BCUT2D eigenvalue weighted by Crippen LogP contribution is 2.19. The van der Waals surface area contributed by atoms with Crippen molar-refractivity contribution in [1.29, 1.82) is 0 Å². The third-order valence-corrected chi connectivity index (χ3v) is 2.90. The van der Waals surface area contributed by atoms with Crippen molar-refractivity contribution < 1.29 is 4.79 Å². The number of rotatable bonds is 2. The van der Waals surface area contributed by atoms with E-state index >= 15 is 0 Å². The molecule has 2 aromatic heterocycles. The van der Waals surface area contributed by atoms with Crippen LogP contribution in [0.15, 0.2) is 23.7 Å². The third kappa shape index (κ3) is 2.05. The molecule has 0 aliphatic rings. The molecule has 0 atom stereocenters. The van der Waals surface area contributed by atoms with Gasteiger partial charge in [-0.1, -0.05) is 5.92 Å². The Labute approximate surface area is 92.0 Å². The third-order valence-electron chi connectivity index (χ3n) is 2.05. The summed E-state index contributed by atoms with van der Waals surface area (Å²) in [6.07, 6.45) is 1.89. The van der Waals surface area contributed by atoms with E-state index in [2.05, 4.69) is 16.8 Å². The van der Waals surface area contributed by atoms with Crippen LogP contribution in [0.1, 0.15) is 23.7 Å². The number of thiophene rings is 1. The molecule has 0 amide bonds. The van der Waals surface area contributed by atoms with Crippen LogP contribution in [0, 0.1) is 11.8 Å². The van der Waals surface area contributed by atoms with Crippen molar-refractivity contribution >= 4 is 27.3 Å². The molecule has 2 rings (SSSR count). The van der Waals surface area contributed by atoms with Crippen molar-refractivity contribution in [2.75, 3.05) is 0 Å². The summed E-state index contributed by atoms with van der Waals surface area (Å²) in [4.78, 5) is 15.8. The molecule has 0 saturated heterocycles. The Balaban J connectivity index is 2.33. The molecular weight excluding hydrogens is 206 g/mol. The molecular formula is C12H9NOS. The normalized spacial score (nSPS) is 9.67. The summed E-state index contributed by atoms with van der Waals surface area (Å²) >= 11 is 1.59. The number of hydrogen-bond acceptors (Lipinski definition) is 3. The second-order valence-electron chi connectivity index (χ2n) is 3.05. The molecule has 0 aromatic carbocycles. The first-order chi connectivity index (χ1) is 7.31. The number of ketones is 1. The molecule has 0 aliphatic heterocycles. The van der Waals surface area contributed by atoms with Gasteiger partial charge in [-0.05, 0) is 24.4 Å². The first kappa shape index (κ1) is 9.88. The van der Waals surface area contributed by atoms with E-state index in [1.165, 1.54) is 0 Å². The van der Waals surface area contributed by atoms with Gasteiger partial charge in [0.05, 0.1) is 16.6 Å². The summed E-state index contributed by atoms with van der Waals surface area (Å²) in [6, 6.07) is 3.83. The van der Waals surface area contributed by atoms with Crippen LogP contribution in [-0.2, 0) is 0 Å². The Morgan fingerprint density at radius 2 is 2.47 bits per heavy atom. The van der Waals surface area contributed by atoms with Gasteiger partial charge in [-0.2, -0.15) is 0 Å². The maximum atomic E-state index is 11.6. The van der Waals surface area contributed by atoms with Crippen molar-refractivity contribution in [3.63, 3.8) is 0 Å². The first-order valence-electron chi connectivity index (χ1n) is 4.57. The minimum atomic E-state index is 0.0344. The fraction of sp³-hybridized carbons (Fsp3) is 0.167. The zero-order valence-corrected chi connectivity index (χ0v) is 9.10. The minimum absolute atomic E-state index is 0.0344. The quantitative estimate of drug-likeness (QED) is 0.569. The second-order valence-corrected chi connectivity index (χ2v) is 4.00. The SMILES string of the molecule is CC#CCC(=O)c1cnc2ccsc2c1. The van der Waals surface area contributed by atoms with Crippen molar-refractivity contribution in [2.45, 2.75) is 13.3 Å². The lowest BCUT2D eigenvalue weighted by Crippen LogP contribution is -1.97. The average Bonchev–Trinajstić information content (AvgIpc) is 2.72. The highest BCUT2D eigenvalue weighted by molar-refractivity contribution is 7.17. The predicted molar refractivity (Wildman–Crippen MR) is 62.0 cm³/mol.